The van der Waals surface area contributed by atoms with Crippen molar-refractivity contribution in [2.24, 2.45) is 0 Å². The van der Waals surface area contributed by atoms with Crippen LogP contribution >= 0.6 is 34.8 Å². The summed E-state index contributed by atoms with van der Waals surface area (Å²) in [6.45, 7) is 1.64. The lowest BCUT2D eigenvalue weighted by Gasteiger charge is -2.30. The van der Waals surface area contributed by atoms with Gasteiger partial charge in [-0.05, 0) is 47.5 Å². The Morgan fingerprint density at radius 3 is 2.61 bits per heavy atom. The minimum Gasteiger partial charge on any atom is -0.478 e. The first-order valence-corrected chi connectivity index (χ1v) is 10.8. The van der Waals surface area contributed by atoms with Crippen molar-refractivity contribution < 1.29 is 14.3 Å². The Labute approximate surface area is 194 Å². The minimum atomic E-state index is -0.174. The molecule has 0 unspecified atom stereocenters. The second kappa shape index (κ2) is 8.21. The van der Waals surface area contributed by atoms with Crippen LogP contribution in [0.1, 0.15) is 27.0 Å². The largest absolute Gasteiger partial charge is 0.478 e. The summed E-state index contributed by atoms with van der Waals surface area (Å²) in [6.07, 6.45) is 1.67. The molecule has 2 aliphatic heterocycles. The molecule has 7 heteroatoms. The standard InChI is InChI=1S/C24H16Cl3NO3/c25-18-4-2-1-3-15(18)11-28-12-17-21(30-13-28)8-6-16-23(29)22(31-24(16)17)10-14-5-7-19(26)20(27)9-14/h1-10H,11-13H2/b22-10-. The van der Waals surface area contributed by atoms with Gasteiger partial charge in [0.05, 0.1) is 21.2 Å². The van der Waals surface area contributed by atoms with E-state index in [1.807, 2.05) is 30.3 Å². The molecule has 0 bridgehead atoms. The Morgan fingerprint density at radius 1 is 0.968 bits per heavy atom. The van der Waals surface area contributed by atoms with Gasteiger partial charge < -0.3 is 9.47 Å². The van der Waals surface area contributed by atoms with Gasteiger partial charge >= 0.3 is 0 Å². The van der Waals surface area contributed by atoms with Crippen LogP contribution in [0.2, 0.25) is 15.1 Å². The molecule has 3 aromatic rings. The van der Waals surface area contributed by atoms with Crippen molar-refractivity contribution in [1.29, 1.82) is 0 Å². The van der Waals surface area contributed by atoms with Gasteiger partial charge in [-0.25, -0.2) is 0 Å². The third-order valence-corrected chi connectivity index (χ3v) is 6.38. The molecule has 4 nitrogen and oxygen atoms in total. The molecule has 5 rings (SSSR count). The molecule has 3 aromatic carbocycles. The van der Waals surface area contributed by atoms with Crippen LogP contribution < -0.4 is 9.47 Å². The fourth-order valence-electron chi connectivity index (χ4n) is 3.73. The maximum absolute atomic E-state index is 12.9. The van der Waals surface area contributed by atoms with Crippen LogP contribution in [0.3, 0.4) is 0 Å². The lowest BCUT2D eigenvalue weighted by molar-refractivity contribution is 0.0873. The highest BCUT2D eigenvalue weighted by molar-refractivity contribution is 6.42. The van der Waals surface area contributed by atoms with Gasteiger partial charge in [0.2, 0.25) is 5.78 Å². The average molecular weight is 473 g/mol. The molecule has 0 spiro atoms. The summed E-state index contributed by atoms with van der Waals surface area (Å²) < 4.78 is 11.9. The topological polar surface area (TPSA) is 38.8 Å². The molecule has 0 radical (unpaired) electrons. The molecule has 31 heavy (non-hydrogen) atoms. The molecule has 0 aliphatic carbocycles. The molecular formula is C24H16Cl3NO3. The van der Waals surface area contributed by atoms with E-state index in [0.717, 1.165) is 22.4 Å². The van der Waals surface area contributed by atoms with Gasteiger partial charge in [-0.15, -0.1) is 0 Å². The van der Waals surface area contributed by atoms with E-state index in [1.165, 1.54) is 0 Å². The monoisotopic (exact) mass is 471 g/mol. The van der Waals surface area contributed by atoms with Crippen molar-refractivity contribution in [1.82, 2.24) is 4.90 Å². The van der Waals surface area contributed by atoms with Crippen molar-refractivity contribution >= 4 is 46.7 Å². The van der Waals surface area contributed by atoms with E-state index in [-0.39, 0.29) is 11.5 Å². The van der Waals surface area contributed by atoms with Gasteiger partial charge in [0.1, 0.15) is 18.2 Å². The van der Waals surface area contributed by atoms with Crippen LogP contribution in [0.25, 0.3) is 6.08 Å². The molecule has 0 N–H and O–H groups in total. The third-order valence-electron chi connectivity index (χ3n) is 5.28. The van der Waals surface area contributed by atoms with E-state index in [2.05, 4.69) is 4.90 Å². The second-order valence-corrected chi connectivity index (χ2v) is 8.61. The zero-order chi connectivity index (χ0) is 21.5. The summed E-state index contributed by atoms with van der Waals surface area (Å²) >= 11 is 18.4. The van der Waals surface area contributed by atoms with Gasteiger partial charge in [-0.2, -0.15) is 0 Å². The van der Waals surface area contributed by atoms with Crippen LogP contribution in [-0.4, -0.2) is 17.4 Å². The minimum absolute atomic E-state index is 0.174. The number of nitrogens with zero attached hydrogens (tertiary/aromatic N) is 1. The molecule has 2 aliphatic rings. The zero-order valence-corrected chi connectivity index (χ0v) is 18.5. The zero-order valence-electron chi connectivity index (χ0n) is 16.2. The highest BCUT2D eigenvalue weighted by Crippen LogP contribution is 2.42. The molecule has 0 saturated carbocycles. The van der Waals surface area contributed by atoms with Crippen LogP contribution in [0.5, 0.6) is 11.5 Å². The average Bonchev–Trinajstić information content (AvgIpc) is 3.08. The summed E-state index contributed by atoms with van der Waals surface area (Å²) in [7, 11) is 0. The Bertz CT molecular complexity index is 1240. The Morgan fingerprint density at radius 2 is 1.81 bits per heavy atom. The van der Waals surface area contributed by atoms with E-state index >= 15 is 0 Å². The van der Waals surface area contributed by atoms with Crippen molar-refractivity contribution in [3.8, 4) is 11.5 Å². The van der Waals surface area contributed by atoms with Gasteiger partial charge in [0, 0.05) is 18.1 Å². The Kier molecular flexibility index (Phi) is 5.40. The van der Waals surface area contributed by atoms with E-state index < -0.39 is 0 Å². The van der Waals surface area contributed by atoms with Gasteiger partial charge in [-0.1, -0.05) is 59.1 Å². The number of fused-ring (bicyclic) bond motifs is 3. The SMILES string of the molecule is O=C1/C(=C/c2ccc(Cl)c(Cl)c2)Oc2c1ccc1c2CN(Cc2ccccc2Cl)CO1. The first-order valence-electron chi connectivity index (χ1n) is 9.63. The molecule has 0 saturated heterocycles. The first-order chi connectivity index (χ1) is 15.0. The molecule has 0 amide bonds. The van der Waals surface area contributed by atoms with Gasteiger partial charge in [0.15, 0.2) is 5.76 Å². The number of hydrogen-bond acceptors (Lipinski definition) is 4. The number of ether oxygens (including phenoxy) is 2. The highest BCUT2D eigenvalue weighted by Gasteiger charge is 2.33. The Hall–Kier alpha value is -2.50. The molecule has 2 heterocycles. The van der Waals surface area contributed by atoms with Crippen LogP contribution in [0, 0.1) is 0 Å². The second-order valence-electron chi connectivity index (χ2n) is 7.38. The Balaban J connectivity index is 1.43. The lowest BCUT2D eigenvalue weighted by Crippen LogP contribution is -2.31. The van der Waals surface area contributed by atoms with E-state index in [9.17, 15) is 4.79 Å². The lowest BCUT2D eigenvalue weighted by atomic mass is 10.0. The van der Waals surface area contributed by atoms with Crippen molar-refractivity contribution in [2.75, 3.05) is 6.73 Å². The summed E-state index contributed by atoms with van der Waals surface area (Å²) in [4.78, 5) is 15.0. The van der Waals surface area contributed by atoms with E-state index in [1.54, 1.807) is 30.3 Å². The maximum atomic E-state index is 12.9. The van der Waals surface area contributed by atoms with Gasteiger partial charge in [-0.3, -0.25) is 9.69 Å². The molecular weight excluding hydrogens is 457 g/mol. The number of carbonyl (C=O) groups excluding carboxylic acids is 1. The smallest absolute Gasteiger partial charge is 0.231 e. The van der Waals surface area contributed by atoms with Crippen LogP contribution in [-0.2, 0) is 13.1 Å². The van der Waals surface area contributed by atoms with Gasteiger partial charge in [0.25, 0.3) is 0 Å². The normalized spacial score (nSPS) is 16.6. The maximum Gasteiger partial charge on any atom is 0.231 e. The highest BCUT2D eigenvalue weighted by atomic mass is 35.5. The fraction of sp³-hybridized carbons (Fsp3) is 0.125. The van der Waals surface area contributed by atoms with Crippen molar-refractivity contribution in [3.05, 3.63) is 97.7 Å². The van der Waals surface area contributed by atoms with Crippen molar-refractivity contribution in [2.45, 2.75) is 13.1 Å². The van der Waals surface area contributed by atoms with Crippen molar-refractivity contribution in [3.63, 3.8) is 0 Å². The summed E-state index contributed by atoms with van der Waals surface area (Å²) in [5.41, 5.74) is 3.12. The number of ketones is 1. The van der Waals surface area contributed by atoms with Crippen LogP contribution in [0.4, 0.5) is 0 Å². The molecule has 0 atom stereocenters. The van der Waals surface area contributed by atoms with Crippen LogP contribution in [0.15, 0.2) is 60.4 Å². The number of carbonyl (C=O) groups is 1. The predicted molar refractivity (Wildman–Crippen MR) is 122 cm³/mol. The number of hydrogen-bond donors (Lipinski definition) is 0. The quantitative estimate of drug-likeness (QED) is 0.402. The number of halogens is 3. The molecule has 156 valence electrons. The number of benzene rings is 3. The predicted octanol–water partition coefficient (Wildman–Crippen LogP) is 6.62. The first kappa shape index (κ1) is 20.4. The third kappa shape index (κ3) is 3.92. The molecule has 0 aromatic heterocycles. The molecule has 0 fully saturated rings. The van der Waals surface area contributed by atoms with E-state index in [4.69, 9.17) is 44.3 Å². The summed E-state index contributed by atoms with van der Waals surface area (Å²) in [6, 6.07) is 16.5. The number of allylic oxidation sites excluding steroid dienone is 1. The number of Topliss-reactive ketones (excluding diaryl/α,β-unsaturated/α-hetero) is 1. The summed E-state index contributed by atoms with van der Waals surface area (Å²) in [5, 5.41) is 1.58. The number of rotatable bonds is 3. The summed E-state index contributed by atoms with van der Waals surface area (Å²) in [5.74, 6) is 1.33. The fourth-order valence-corrected chi connectivity index (χ4v) is 4.23. The van der Waals surface area contributed by atoms with E-state index in [0.29, 0.717) is 46.2 Å².